The molecule has 1 saturated heterocycles. The molecule has 0 saturated carbocycles. The van der Waals surface area contributed by atoms with Crippen LogP contribution in [0.15, 0.2) is 42.0 Å². The number of morpholine rings is 1. The largest absolute Gasteiger partial charge is 0.384 e. The third-order valence-electron chi connectivity index (χ3n) is 4.11. The van der Waals surface area contributed by atoms with Crippen molar-refractivity contribution in [2.75, 3.05) is 26.3 Å². The van der Waals surface area contributed by atoms with E-state index in [0.717, 1.165) is 11.1 Å². The molecular weight excluding hydrogens is 254 g/mol. The van der Waals surface area contributed by atoms with Crippen molar-refractivity contribution in [2.24, 2.45) is 5.41 Å². The molecule has 4 heteroatoms. The molecule has 0 radical (unpaired) electrons. The van der Waals surface area contributed by atoms with Gasteiger partial charge < -0.3 is 14.7 Å². The summed E-state index contributed by atoms with van der Waals surface area (Å²) < 4.78 is 5.27. The Morgan fingerprint density at radius 2 is 1.95 bits per heavy atom. The van der Waals surface area contributed by atoms with Gasteiger partial charge in [0.05, 0.1) is 18.6 Å². The zero-order chi connectivity index (χ0) is 14.2. The fourth-order valence-electron chi connectivity index (χ4n) is 2.73. The van der Waals surface area contributed by atoms with Gasteiger partial charge in [0.25, 0.3) is 0 Å². The van der Waals surface area contributed by atoms with E-state index in [4.69, 9.17) is 4.74 Å². The first-order valence-electron chi connectivity index (χ1n) is 6.96. The number of benzene rings is 1. The van der Waals surface area contributed by atoms with Crippen LogP contribution in [0.1, 0.15) is 18.6 Å². The predicted octanol–water partition coefficient (Wildman–Crippen LogP) is 1.53. The average molecular weight is 273 g/mol. The quantitative estimate of drug-likeness (QED) is 0.850. The summed E-state index contributed by atoms with van der Waals surface area (Å²) >= 11 is 0. The molecule has 1 aromatic carbocycles. The van der Waals surface area contributed by atoms with Crippen molar-refractivity contribution in [3.8, 4) is 0 Å². The molecule has 106 valence electrons. The lowest BCUT2D eigenvalue weighted by molar-refractivity contribution is -0.139. The molecular formula is C16H19NO3. The van der Waals surface area contributed by atoms with E-state index < -0.39 is 11.5 Å². The fraction of sp³-hybridized carbons (Fsp3) is 0.438. The summed E-state index contributed by atoms with van der Waals surface area (Å²) in [7, 11) is 0. The molecule has 1 N–H and O–H groups in total. The Balaban J connectivity index is 1.69. The predicted molar refractivity (Wildman–Crippen MR) is 75.0 cm³/mol. The van der Waals surface area contributed by atoms with Gasteiger partial charge in [-0.2, -0.15) is 0 Å². The highest BCUT2D eigenvalue weighted by Gasteiger charge is 2.51. The second kappa shape index (κ2) is 5.04. The van der Waals surface area contributed by atoms with E-state index in [9.17, 15) is 9.90 Å². The van der Waals surface area contributed by atoms with Crippen molar-refractivity contribution in [3.63, 3.8) is 0 Å². The number of aliphatic hydroxyl groups excluding tert-OH is 1. The smallest absolute Gasteiger partial charge is 0.236 e. The van der Waals surface area contributed by atoms with Gasteiger partial charge in [-0.05, 0) is 18.1 Å². The number of carbonyl (C=O) groups is 1. The van der Waals surface area contributed by atoms with Crippen molar-refractivity contribution in [1.82, 2.24) is 4.90 Å². The fourth-order valence-corrected chi connectivity index (χ4v) is 2.73. The summed E-state index contributed by atoms with van der Waals surface area (Å²) in [6, 6.07) is 9.45. The number of rotatable bonds is 3. The monoisotopic (exact) mass is 273 g/mol. The number of ether oxygens (including phenoxy) is 1. The first kappa shape index (κ1) is 13.3. The number of amides is 1. The SMILES string of the molecule is C[C@]1(C(=O)N2CCOCC2)C=C1C(O)c1ccccc1. The van der Waals surface area contributed by atoms with Crippen LogP contribution >= 0.6 is 0 Å². The molecule has 2 aliphatic rings. The lowest BCUT2D eigenvalue weighted by Crippen LogP contribution is -2.44. The van der Waals surface area contributed by atoms with Crippen molar-refractivity contribution < 1.29 is 14.6 Å². The molecule has 1 heterocycles. The number of hydrogen-bond acceptors (Lipinski definition) is 3. The minimum atomic E-state index is -0.689. The number of carbonyl (C=O) groups excluding carboxylic acids is 1. The molecule has 1 unspecified atom stereocenters. The Kier molecular flexibility index (Phi) is 3.36. The number of nitrogens with zero attached hydrogens (tertiary/aromatic N) is 1. The van der Waals surface area contributed by atoms with Crippen LogP contribution in [0.2, 0.25) is 0 Å². The Labute approximate surface area is 118 Å². The normalized spacial score (nSPS) is 26.9. The van der Waals surface area contributed by atoms with E-state index in [2.05, 4.69) is 0 Å². The molecule has 1 aromatic rings. The number of hydrogen-bond donors (Lipinski definition) is 1. The third kappa shape index (κ3) is 2.25. The van der Waals surface area contributed by atoms with Gasteiger partial charge in [0.15, 0.2) is 0 Å². The van der Waals surface area contributed by atoms with Crippen LogP contribution in [0.4, 0.5) is 0 Å². The molecule has 0 bridgehead atoms. The zero-order valence-electron chi connectivity index (χ0n) is 11.6. The summed E-state index contributed by atoms with van der Waals surface area (Å²) in [6.45, 7) is 4.34. The maximum absolute atomic E-state index is 12.5. The lowest BCUT2D eigenvalue weighted by atomic mass is 9.95. The zero-order valence-corrected chi connectivity index (χ0v) is 11.6. The van der Waals surface area contributed by atoms with Gasteiger partial charge in [-0.25, -0.2) is 0 Å². The maximum Gasteiger partial charge on any atom is 0.236 e. The molecule has 20 heavy (non-hydrogen) atoms. The van der Waals surface area contributed by atoms with Gasteiger partial charge >= 0.3 is 0 Å². The second-order valence-corrected chi connectivity index (χ2v) is 5.52. The van der Waals surface area contributed by atoms with Gasteiger partial charge in [0.1, 0.15) is 6.10 Å². The summed E-state index contributed by atoms with van der Waals surface area (Å²) in [6.07, 6.45) is 1.19. The minimum Gasteiger partial charge on any atom is -0.384 e. The van der Waals surface area contributed by atoms with Gasteiger partial charge in [0, 0.05) is 13.1 Å². The van der Waals surface area contributed by atoms with Crippen LogP contribution in [-0.4, -0.2) is 42.2 Å². The van der Waals surface area contributed by atoms with E-state index in [1.54, 1.807) is 0 Å². The first-order valence-corrected chi connectivity index (χ1v) is 6.96. The summed E-state index contributed by atoms with van der Waals surface area (Å²) in [4.78, 5) is 14.4. The van der Waals surface area contributed by atoms with Gasteiger partial charge in [-0.3, -0.25) is 4.79 Å². The van der Waals surface area contributed by atoms with Crippen LogP contribution in [0.25, 0.3) is 0 Å². The summed E-state index contributed by atoms with van der Waals surface area (Å²) in [5.41, 5.74) is 1.02. The second-order valence-electron chi connectivity index (χ2n) is 5.52. The Morgan fingerprint density at radius 1 is 1.30 bits per heavy atom. The highest BCUT2D eigenvalue weighted by molar-refractivity contribution is 5.93. The molecule has 0 aromatic heterocycles. The lowest BCUT2D eigenvalue weighted by Gasteiger charge is -2.30. The van der Waals surface area contributed by atoms with E-state index in [1.807, 2.05) is 48.2 Å². The van der Waals surface area contributed by atoms with E-state index in [-0.39, 0.29) is 5.91 Å². The van der Waals surface area contributed by atoms with Crippen molar-refractivity contribution >= 4 is 5.91 Å². The Morgan fingerprint density at radius 3 is 2.60 bits per heavy atom. The summed E-state index contributed by atoms with van der Waals surface area (Å²) in [5.74, 6) is 0.0748. The standard InChI is InChI=1S/C16H19NO3/c1-16(15(19)17-7-9-20-10-8-17)11-13(16)14(18)12-5-3-2-4-6-12/h2-6,11,14,18H,7-10H2,1H3/t14?,16-/m0/s1. The van der Waals surface area contributed by atoms with E-state index in [0.29, 0.717) is 26.3 Å². The Hall–Kier alpha value is -1.65. The first-order chi connectivity index (χ1) is 9.63. The van der Waals surface area contributed by atoms with E-state index >= 15 is 0 Å². The van der Waals surface area contributed by atoms with Crippen LogP contribution < -0.4 is 0 Å². The van der Waals surface area contributed by atoms with Crippen LogP contribution in [0.5, 0.6) is 0 Å². The van der Waals surface area contributed by atoms with Gasteiger partial charge in [-0.15, -0.1) is 0 Å². The van der Waals surface area contributed by atoms with Crippen LogP contribution in [-0.2, 0) is 9.53 Å². The third-order valence-corrected chi connectivity index (χ3v) is 4.11. The average Bonchev–Trinajstić information content (AvgIpc) is 3.21. The molecule has 1 amide bonds. The maximum atomic E-state index is 12.5. The van der Waals surface area contributed by atoms with Crippen molar-refractivity contribution in [3.05, 3.63) is 47.5 Å². The summed E-state index contributed by atoms with van der Waals surface area (Å²) in [5, 5.41) is 10.4. The van der Waals surface area contributed by atoms with Crippen LogP contribution in [0, 0.1) is 5.41 Å². The molecule has 1 aliphatic heterocycles. The number of aliphatic hydroxyl groups is 1. The topological polar surface area (TPSA) is 49.8 Å². The minimum absolute atomic E-state index is 0.0748. The van der Waals surface area contributed by atoms with Crippen molar-refractivity contribution in [2.45, 2.75) is 13.0 Å². The molecule has 0 spiro atoms. The molecule has 2 atom stereocenters. The van der Waals surface area contributed by atoms with Gasteiger partial charge in [0.2, 0.25) is 5.91 Å². The van der Waals surface area contributed by atoms with Crippen molar-refractivity contribution in [1.29, 1.82) is 0 Å². The Bertz CT molecular complexity index is 534. The van der Waals surface area contributed by atoms with Gasteiger partial charge in [-0.1, -0.05) is 36.4 Å². The molecule has 4 nitrogen and oxygen atoms in total. The molecule has 3 rings (SSSR count). The highest BCUT2D eigenvalue weighted by Crippen LogP contribution is 2.51. The van der Waals surface area contributed by atoms with Crippen LogP contribution in [0.3, 0.4) is 0 Å². The molecule has 1 aliphatic carbocycles. The van der Waals surface area contributed by atoms with E-state index in [1.165, 1.54) is 0 Å². The molecule has 1 fully saturated rings. The highest BCUT2D eigenvalue weighted by atomic mass is 16.5.